The lowest BCUT2D eigenvalue weighted by Crippen LogP contribution is -2.18. The van der Waals surface area contributed by atoms with Crippen molar-refractivity contribution < 1.29 is 17.9 Å². The molecule has 0 aromatic heterocycles. The van der Waals surface area contributed by atoms with Crippen LogP contribution < -0.4 is 14.3 Å². The zero-order chi connectivity index (χ0) is 20.0. The largest absolute Gasteiger partial charge is 0.494 e. The van der Waals surface area contributed by atoms with Gasteiger partial charge in [0, 0.05) is 11.6 Å². The normalized spacial score (nSPS) is 11.6. The standard InChI is InChI=1S/C21H22N2O4S/c1-3-26-19-11-9-18(21(14-19)27-4-2)15-22-23-28(24,25)20-12-10-16-7-5-6-8-17(16)13-20/h5-15,23H,3-4H2,1-2H3. The SMILES string of the molecule is CCOc1ccc(C=NNS(=O)(=O)c2ccc3ccccc3c2)c(OCC)c1. The zero-order valence-corrected chi connectivity index (χ0v) is 16.6. The van der Waals surface area contributed by atoms with Gasteiger partial charge in [0.15, 0.2) is 0 Å². The summed E-state index contributed by atoms with van der Waals surface area (Å²) in [5.41, 5.74) is 0.645. The Morgan fingerprint density at radius 3 is 2.43 bits per heavy atom. The number of nitrogens with one attached hydrogen (secondary N) is 1. The van der Waals surface area contributed by atoms with E-state index in [1.54, 1.807) is 36.4 Å². The minimum atomic E-state index is -3.78. The molecule has 0 bridgehead atoms. The highest BCUT2D eigenvalue weighted by Gasteiger charge is 2.13. The molecule has 1 N–H and O–H groups in total. The van der Waals surface area contributed by atoms with E-state index in [4.69, 9.17) is 9.47 Å². The number of hydrogen-bond acceptors (Lipinski definition) is 5. The van der Waals surface area contributed by atoms with Crippen LogP contribution in [-0.4, -0.2) is 27.8 Å². The van der Waals surface area contributed by atoms with E-state index in [2.05, 4.69) is 9.93 Å². The molecule has 7 heteroatoms. The molecule has 0 aliphatic rings. The molecule has 3 aromatic carbocycles. The van der Waals surface area contributed by atoms with Crippen LogP contribution in [0.15, 0.2) is 70.7 Å². The highest BCUT2D eigenvalue weighted by atomic mass is 32.2. The maximum Gasteiger partial charge on any atom is 0.276 e. The van der Waals surface area contributed by atoms with Crippen molar-refractivity contribution in [1.29, 1.82) is 0 Å². The van der Waals surface area contributed by atoms with Gasteiger partial charge >= 0.3 is 0 Å². The molecule has 0 atom stereocenters. The molecule has 0 amide bonds. The van der Waals surface area contributed by atoms with Crippen molar-refractivity contribution in [2.24, 2.45) is 5.10 Å². The van der Waals surface area contributed by atoms with Crippen LogP contribution in [0.25, 0.3) is 10.8 Å². The molecule has 0 aliphatic carbocycles. The van der Waals surface area contributed by atoms with Gasteiger partial charge in [0.1, 0.15) is 11.5 Å². The second kappa shape index (κ2) is 8.75. The summed E-state index contributed by atoms with van der Waals surface area (Å²) in [7, 11) is -3.78. The van der Waals surface area contributed by atoms with Gasteiger partial charge < -0.3 is 9.47 Å². The molecular weight excluding hydrogens is 376 g/mol. The lowest BCUT2D eigenvalue weighted by Gasteiger charge is -2.10. The Morgan fingerprint density at radius 1 is 0.929 bits per heavy atom. The van der Waals surface area contributed by atoms with E-state index < -0.39 is 10.0 Å². The smallest absolute Gasteiger partial charge is 0.276 e. The van der Waals surface area contributed by atoms with Crippen molar-refractivity contribution >= 4 is 27.0 Å². The fourth-order valence-corrected chi connectivity index (χ4v) is 3.54. The van der Waals surface area contributed by atoms with Crippen LogP contribution in [0.3, 0.4) is 0 Å². The van der Waals surface area contributed by atoms with E-state index >= 15 is 0 Å². The van der Waals surface area contributed by atoms with Crippen LogP contribution in [0.4, 0.5) is 0 Å². The summed E-state index contributed by atoms with van der Waals surface area (Å²) < 4.78 is 36.1. The van der Waals surface area contributed by atoms with Crippen LogP contribution in [0.1, 0.15) is 19.4 Å². The fraction of sp³-hybridized carbons (Fsp3) is 0.190. The monoisotopic (exact) mass is 398 g/mol. The molecule has 3 rings (SSSR count). The number of hydrazone groups is 1. The highest BCUT2D eigenvalue weighted by molar-refractivity contribution is 7.89. The molecule has 3 aromatic rings. The molecule has 0 radical (unpaired) electrons. The van der Waals surface area contributed by atoms with Gasteiger partial charge in [-0.2, -0.15) is 13.5 Å². The number of nitrogens with zero attached hydrogens (tertiary/aromatic N) is 1. The Balaban J connectivity index is 1.80. The lowest BCUT2D eigenvalue weighted by atomic mass is 10.1. The summed E-state index contributed by atoms with van der Waals surface area (Å²) in [6.45, 7) is 4.79. The Morgan fingerprint density at radius 2 is 1.68 bits per heavy atom. The molecule has 28 heavy (non-hydrogen) atoms. The summed E-state index contributed by atoms with van der Waals surface area (Å²) in [5.74, 6) is 1.25. The van der Waals surface area contributed by atoms with Crippen molar-refractivity contribution in [3.63, 3.8) is 0 Å². The van der Waals surface area contributed by atoms with E-state index in [-0.39, 0.29) is 4.90 Å². The molecule has 0 saturated carbocycles. The number of fused-ring (bicyclic) bond motifs is 1. The summed E-state index contributed by atoms with van der Waals surface area (Å²) in [5, 5.41) is 5.72. The Hall–Kier alpha value is -3.06. The summed E-state index contributed by atoms with van der Waals surface area (Å²) in [6.07, 6.45) is 1.42. The quantitative estimate of drug-likeness (QED) is 0.460. The van der Waals surface area contributed by atoms with Gasteiger partial charge in [-0.05, 0) is 48.9 Å². The predicted molar refractivity (Wildman–Crippen MR) is 111 cm³/mol. The van der Waals surface area contributed by atoms with E-state index in [0.717, 1.165) is 10.8 Å². The highest BCUT2D eigenvalue weighted by Crippen LogP contribution is 2.24. The third-order valence-corrected chi connectivity index (χ3v) is 5.22. The predicted octanol–water partition coefficient (Wildman–Crippen LogP) is 3.95. The van der Waals surface area contributed by atoms with Crippen molar-refractivity contribution in [2.75, 3.05) is 13.2 Å². The number of ether oxygens (including phenoxy) is 2. The number of rotatable bonds is 8. The van der Waals surface area contributed by atoms with Crippen molar-refractivity contribution in [2.45, 2.75) is 18.7 Å². The molecular formula is C21H22N2O4S. The molecule has 0 spiro atoms. The summed E-state index contributed by atoms with van der Waals surface area (Å²) in [4.78, 5) is 2.41. The summed E-state index contributed by atoms with van der Waals surface area (Å²) in [6, 6.07) is 17.8. The third-order valence-electron chi connectivity index (χ3n) is 4.00. The first-order valence-electron chi connectivity index (χ1n) is 8.97. The third kappa shape index (κ3) is 4.61. The van der Waals surface area contributed by atoms with E-state index in [1.807, 2.05) is 38.1 Å². The minimum absolute atomic E-state index is 0.153. The molecule has 0 fully saturated rings. The molecule has 0 heterocycles. The maximum absolute atomic E-state index is 12.5. The van der Waals surface area contributed by atoms with Crippen LogP contribution >= 0.6 is 0 Å². The maximum atomic E-state index is 12.5. The second-order valence-corrected chi connectivity index (χ2v) is 7.59. The van der Waals surface area contributed by atoms with Gasteiger partial charge in [0.2, 0.25) is 0 Å². The molecule has 0 unspecified atom stereocenters. The number of sulfonamides is 1. The van der Waals surface area contributed by atoms with Gasteiger partial charge in [-0.25, -0.2) is 4.83 Å². The van der Waals surface area contributed by atoms with Crippen LogP contribution in [0.5, 0.6) is 11.5 Å². The second-order valence-electron chi connectivity index (χ2n) is 5.93. The van der Waals surface area contributed by atoms with Crippen LogP contribution in [0, 0.1) is 0 Å². The average molecular weight is 398 g/mol. The molecule has 6 nitrogen and oxygen atoms in total. The van der Waals surface area contributed by atoms with E-state index in [0.29, 0.717) is 30.3 Å². The molecule has 0 aliphatic heterocycles. The van der Waals surface area contributed by atoms with Gasteiger partial charge in [-0.3, -0.25) is 0 Å². The number of benzene rings is 3. The van der Waals surface area contributed by atoms with Gasteiger partial charge in [0.25, 0.3) is 10.0 Å². The first-order chi connectivity index (χ1) is 13.5. The van der Waals surface area contributed by atoms with Crippen LogP contribution in [0.2, 0.25) is 0 Å². The first kappa shape index (κ1) is 19.7. The fourth-order valence-electron chi connectivity index (χ4n) is 2.71. The Kier molecular flexibility index (Phi) is 6.16. The van der Waals surface area contributed by atoms with E-state index in [1.165, 1.54) is 6.21 Å². The molecule has 0 saturated heterocycles. The van der Waals surface area contributed by atoms with Gasteiger partial charge in [0.05, 0.1) is 24.3 Å². The van der Waals surface area contributed by atoms with Crippen molar-refractivity contribution in [3.05, 3.63) is 66.2 Å². The zero-order valence-electron chi connectivity index (χ0n) is 15.8. The van der Waals surface area contributed by atoms with Gasteiger partial charge in [-0.1, -0.05) is 30.3 Å². The lowest BCUT2D eigenvalue weighted by molar-refractivity contribution is 0.323. The van der Waals surface area contributed by atoms with Crippen molar-refractivity contribution in [3.8, 4) is 11.5 Å². The topological polar surface area (TPSA) is 77.0 Å². The number of hydrogen-bond donors (Lipinski definition) is 1. The Labute approximate surface area is 164 Å². The molecule has 146 valence electrons. The first-order valence-corrected chi connectivity index (χ1v) is 10.4. The van der Waals surface area contributed by atoms with Crippen molar-refractivity contribution in [1.82, 2.24) is 4.83 Å². The average Bonchev–Trinajstić information content (AvgIpc) is 2.69. The summed E-state index contributed by atoms with van der Waals surface area (Å²) >= 11 is 0. The van der Waals surface area contributed by atoms with Gasteiger partial charge in [-0.15, -0.1) is 0 Å². The van der Waals surface area contributed by atoms with Crippen LogP contribution in [-0.2, 0) is 10.0 Å². The Bertz CT molecular complexity index is 1090. The van der Waals surface area contributed by atoms with E-state index in [9.17, 15) is 8.42 Å². The minimum Gasteiger partial charge on any atom is -0.494 e.